The number of hydrogen-bond donors (Lipinski definition) is 2. The highest BCUT2D eigenvalue weighted by Gasteiger charge is 2.07. The molecule has 2 rings (SSSR count). The molecule has 1 unspecified atom stereocenters. The van der Waals surface area contributed by atoms with Gasteiger partial charge in [-0.05, 0) is 12.1 Å². The summed E-state index contributed by atoms with van der Waals surface area (Å²) in [4.78, 5) is 4.00. The molecule has 4 nitrogen and oxygen atoms in total. The highest BCUT2D eigenvalue weighted by molar-refractivity contribution is 5.46. The van der Waals surface area contributed by atoms with Crippen molar-refractivity contribution in [3.8, 4) is 0 Å². The Bertz CT molecular complexity index is 410. The fraction of sp³-hybridized carbons (Fsp3) is 0.222. The number of nitrogens with two attached hydrogens (primary N) is 1. The lowest BCUT2D eigenvalue weighted by atomic mass is 10.2. The Morgan fingerprint density at radius 2 is 2.38 bits per heavy atom. The smallest absolute Gasteiger partial charge is 0.0994 e. The predicted molar refractivity (Wildman–Crippen MR) is 49.2 cm³/mol. The van der Waals surface area contributed by atoms with E-state index in [1.165, 1.54) is 0 Å². The van der Waals surface area contributed by atoms with E-state index in [4.69, 9.17) is 10.8 Å². The van der Waals surface area contributed by atoms with Crippen LogP contribution in [0.25, 0.3) is 5.52 Å². The Balaban J connectivity index is 2.60. The molecule has 2 aromatic heterocycles. The van der Waals surface area contributed by atoms with Gasteiger partial charge in [0, 0.05) is 5.69 Å². The fourth-order valence-corrected chi connectivity index (χ4v) is 1.37. The van der Waals surface area contributed by atoms with Crippen LogP contribution >= 0.6 is 0 Å². The summed E-state index contributed by atoms with van der Waals surface area (Å²) < 4.78 is 1.88. The summed E-state index contributed by atoms with van der Waals surface area (Å²) in [6, 6.07) is 5.38. The van der Waals surface area contributed by atoms with Gasteiger partial charge in [-0.25, -0.2) is 4.98 Å². The highest BCUT2D eigenvalue weighted by Crippen LogP contribution is 2.12. The predicted octanol–water partition coefficient (Wildman–Crippen LogP) is 0.326. The molecule has 4 heteroatoms. The van der Waals surface area contributed by atoms with Crippen LogP contribution in [0.3, 0.4) is 0 Å². The van der Waals surface area contributed by atoms with Gasteiger partial charge in [-0.2, -0.15) is 0 Å². The van der Waals surface area contributed by atoms with Gasteiger partial charge in [-0.15, -0.1) is 0 Å². The van der Waals surface area contributed by atoms with Crippen LogP contribution in [0.15, 0.2) is 30.7 Å². The largest absolute Gasteiger partial charge is 0.394 e. The van der Waals surface area contributed by atoms with Crippen molar-refractivity contribution in [2.45, 2.75) is 6.04 Å². The molecule has 13 heavy (non-hydrogen) atoms. The van der Waals surface area contributed by atoms with Gasteiger partial charge in [-0.3, -0.25) is 0 Å². The number of aliphatic hydroxyl groups excluding tert-OH is 1. The second kappa shape index (κ2) is 3.16. The van der Waals surface area contributed by atoms with Crippen molar-refractivity contribution in [3.05, 3.63) is 36.4 Å². The number of fused-ring (bicyclic) bond motifs is 1. The third kappa shape index (κ3) is 1.30. The lowest BCUT2D eigenvalue weighted by molar-refractivity contribution is 0.265. The lowest BCUT2D eigenvalue weighted by Crippen LogP contribution is -2.17. The Hall–Kier alpha value is -1.39. The van der Waals surface area contributed by atoms with Gasteiger partial charge in [0.05, 0.1) is 30.7 Å². The molecule has 0 saturated carbocycles. The first-order valence-electron chi connectivity index (χ1n) is 4.10. The summed E-state index contributed by atoms with van der Waals surface area (Å²) in [5.74, 6) is 0. The first kappa shape index (κ1) is 8.22. The molecular formula is C9H11N3O. The lowest BCUT2D eigenvalue weighted by Gasteiger charge is -2.10. The van der Waals surface area contributed by atoms with Gasteiger partial charge in [0.1, 0.15) is 0 Å². The normalized spacial score (nSPS) is 13.4. The van der Waals surface area contributed by atoms with Crippen molar-refractivity contribution in [3.63, 3.8) is 0 Å². The maximum atomic E-state index is 8.93. The van der Waals surface area contributed by atoms with Crippen LogP contribution in [0.5, 0.6) is 0 Å². The summed E-state index contributed by atoms with van der Waals surface area (Å²) in [6.45, 7) is -0.0582. The van der Waals surface area contributed by atoms with Gasteiger partial charge in [0.2, 0.25) is 0 Å². The molecule has 0 aromatic carbocycles. The summed E-state index contributed by atoms with van der Waals surface area (Å²) in [5, 5.41) is 8.93. The average Bonchev–Trinajstić information content (AvgIpc) is 2.63. The summed E-state index contributed by atoms with van der Waals surface area (Å²) in [6.07, 6.45) is 3.45. The minimum atomic E-state index is -0.349. The van der Waals surface area contributed by atoms with Gasteiger partial charge in [-0.1, -0.05) is 6.07 Å². The maximum Gasteiger partial charge on any atom is 0.0994 e. The number of imidazole rings is 1. The van der Waals surface area contributed by atoms with Crippen LogP contribution < -0.4 is 5.73 Å². The zero-order valence-corrected chi connectivity index (χ0v) is 7.09. The molecule has 68 valence electrons. The van der Waals surface area contributed by atoms with Crippen LogP contribution in [0.4, 0.5) is 0 Å². The van der Waals surface area contributed by atoms with Crippen molar-refractivity contribution in [2.75, 3.05) is 6.61 Å². The van der Waals surface area contributed by atoms with Crippen molar-refractivity contribution in [1.29, 1.82) is 0 Å². The molecule has 0 aliphatic carbocycles. The monoisotopic (exact) mass is 177 g/mol. The van der Waals surface area contributed by atoms with Gasteiger partial charge >= 0.3 is 0 Å². The van der Waals surface area contributed by atoms with Crippen molar-refractivity contribution in [1.82, 2.24) is 9.38 Å². The maximum absolute atomic E-state index is 8.93. The first-order valence-corrected chi connectivity index (χ1v) is 4.10. The van der Waals surface area contributed by atoms with E-state index in [0.29, 0.717) is 0 Å². The number of nitrogens with zero attached hydrogens (tertiary/aromatic N) is 2. The fourth-order valence-electron chi connectivity index (χ4n) is 1.37. The van der Waals surface area contributed by atoms with Gasteiger partial charge < -0.3 is 15.2 Å². The van der Waals surface area contributed by atoms with E-state index < -0.39 is 0 Å². The molecule has 3 N–H and O–H groups in total. The molecule has 0 amide bonds. The number of aliphatic hydroxyl groups is 1. The molecule has 0 fully saturated rings. The van der Waals surface area contributed by atoms with Crippen molar-refractivity contribution >= 4 is 5.52 Å². The number of pyridine rings is 1. The standard InChI is InChI=1S/C9H11N3O/c10-8(5-13)9-3-1-2-7-4-11-6-12(7)9/h1-4,6,8,13H,5,10H2. The van der Waals surface area contributed by atoms with Gasteiger partial charge in [0.25, 0.3) is 0 Å². The summed E-state index contributed by atoms with van der Waals surface area (Å²) >= 11 is 0. The van der Waals surface area contributed by atoms with E-state index in [-0.39, 0.29) is 12.6 Å². The minimum Gasteiger partial charge on any atom is -0.394 e. The van der Waals surface area contributed by atoms with Gasteiger partial charge in [0.15, 0.2) is 0 Å². The van der Waals surface area contributed by atoms with Crippen LogP contribution in [0, 0.1) is 0 Å². The minimum absolute atomic E-state index is 0.0582. The zero-order chi connectivity index (χ0) is 9.26. The Labute approximate surface area is 75.6 Å². The number of hydrogen-bond acceptors (Lipinski definition) is 3. The van der Waals surface area contributed by atoms with E-state index in [2.05, 4.69) is 4.98 Å². The average molecular weight is 177 g/mol. The molecule has 0 saturated heterocycles. The molecule has 2 heterocycles. The molecule has 1 atom stereocenters. The molecule has 0 aliphatic rings. The number of rotatable bonds is 2. The Morgan fingerprint density at radius 3 is 3.15 bits per heavy atom. The van der Waals surface area contributed by atoms with Crippen LogP contribution in [-0.4, -0.2) is 21.1 Å². The molecule has 0 spiro atoms. The SMILES string of the molecule is NC(CO)c1cccc2cncn12. The Morgan fingerprint density at radius 1 is 1.54 bits per heavy atom. The van der Waals surface area contributed by atoms with E-state index in [9.17, 15) is 0 Å². The quantitative estimate of drug-likeness (QED) is 0.694. The van der Waals surface area contributed by atoms with Crippen LogP contribution in [0.2, 0.25) is 0 Å². The third-order valence-electron chi connectivity index (χ3n) is 2.06. The van der Waals surface area contributed by atoms with Crippen LogP contribution in [0.1, 0.15) is 11.7 Å². The second-order valence-electron chi connectivity index (χ2n) is 2.93. The molecule has 2 aromatic rings. The topological polar surface area (TPSA) is 63.5 Å². The van der Waals surface area contributed by atoms with Crippen LogP contribution in [-0.2, 0) is 0 Å². The highest BCUT2D eigenvalue weighted by atomic mass is 16.3. The Kier molecular flexibility index (Phi) is 2.00. The summed E-state index contributed by atoms with van der Waals surface area (Å²) in [5.41, 5.74) is 7.58. The van der Waals surface area contributed by atoms with E-state index >= 15 is 0 Å². The number of aromatic nitrogens is 2. The zero-order valence-electron chi connectivity index (χ0n) is 7.09. The van der Waals surface area contributed by atoms with E-state index in [0.717, 1.165) is 11.2 Å². The third-order valence-corrected chi connectivity index (χ3v) is 2.06. The molecule has 0 aliphatic heterocycles. The van der Waals surface area contributed by atoms with E-state index in [1.54, 1.807) is 12.5 Å². The second-order valence-corrected chi connectivity index (χ2v) is 2.93. The molecule has 0 bridgehead atoms. The van der Waals surface area contributed by atoms with Crippen molar-refractivity contribution in [2.24, 2.45) is 5.73 Å². The van der Waals surface area contributed by atoms with Crippen molar-refractivity contribution < 1.29 is 5.11 Å². The molecular weight excluding hydrogens is 166 g/mol. The summed E-state index contributed by atoms with van der Waals surface area (Å²) in [7, 11) is 0. The first-order chi connectivity index (χ1) is 6.33. The van der Waals surface area contributed by atoms with E-state index in [1.807, 2.05) is 22.6 Å². The molecule has 0 radical (unpaired) electrons.